The Hall–Kier alpha value is -3.42. The Morgan fingerprint density at radius 3 is 2.00 bits per heavy atom. The van der Waals surface area contributed by atoms with Crippen LogP contribution in [0.1, 0.15) is 54.6 Å². The third-order valence-electron chi connectivity index (χ3n) is 4.75. The number of benzene rings is 2. The van der Waals surface area contributed by atoms with Gasteiger partial charge in [0.05, 0.1) is 18.8 Å². The van der Waals surface area contributed by atoms with Crippen LogP contribution >= 0.6 is 0 Å². The van der Waals surface area contributed by atoms with Gasteiger partial charge in [0.1, 0.15) is 23.0 Å². The summed E-state index contributed by atoms with van der Waals surface area (Å²) < 4.78 is 17.1. The second-order valence-electron chi connectivity index (χ2n) is 7.27. The molecule has 0 aliphatic carbocycles. The first kappa shape index (κ1) is 24.8. The van der Waals surface area contributed by atoms with Gasteiger partial charge in [-0.2, -0.15) is 0 Å². The van der Waals surface area contributed by atoms with Crippen molar-refractivity contribution < 1.29 is 34.0 Å². The van der Waals surface area contributed by atoms with Crippen molar-refractivity contribution in [2.75, 3.05) is 19.8 Å². The molecule has 0 aliphatic rings. The van der Waals surface area contributed by atoms with Gasteiger partial charge in [0.25, 0.3) is 5.91 Å². The molecule has 2 rings (SSSR count). The molecule has 32 heavy (non-hydrogen) atoms. The number of rotatable bonds is 14. The topological polar surface area (TPSA) is 128 Å². The number of phenols is 1. The molecule has 2 aromatic carbocycles. The number of primary amides is 1. The molecule has 8 heteroatoms. The van der Waals surface area contributed by atoms with Gasteiger partial charge in [-0.3, -0.25) is 4.79 Å². The van der Waals surface area contributed by atoms with E-state index in [1.807, 2.05) is 19.9 Å². The zero-order valence-electron chi connectivity index (χ0n) is 18.6. The first-order valence-corrected chi connectivity index (χ1v) is 10.8. The molecular formula is C24H31NO7. The lowest BCUT2D eigenvalue weighted by Gasteiger charge is -2.16. The Balaban J connectivity index is 1.98. The molecule has 0 aliphatic heterocycles. The van der Waals surface area contributed by atoms with E-state index in [-0.39, 0.29) is 11.3 Å². The predicted molar refractivity (Wildman–Crippen MR) is 120 cm³/mol. The molecule has 4 N–H and O–H groups in total. The highest BCUT2D eigenvalue weighted by Gasteiger charge is 2.16. The van der Waals surface area contributed by atoms with Crippen LogP contribution in [0.5, 0.6) is 23.0 Å². The van der Waals surface area contributed by atoms with Gasteiger partial charge in [-0.25, -0.2) is 4.79 Å². The minimum absolute atomic E-state index is 0.0811. The molecule has 0 unspecified atom stereocenters. The smallest absolute Gasteiger partial charge is 0.341 e. The van der Waals surface area contributed by atoms with Crippen LogP contribution in [0.3, 0.4) is 0 Å². The van der Waals surface area contributed by atoms with E-state index in [2.05, 4.69) is 0 Å². The standard InChI is InChI=1S/C24H31NO7/c1-3-7-16-19(9-5-10-20(16)32-15-22(26)27)30-13-6-14-31-21-12-11-18(24(25)29)23(28)17(21)8-4-2/h5,9-12,28H,3-4,6-8,13-15H2,1-2H3,(H2,25,29)(H,26,27). The number of hydrogen-bond acceptors (Lipinski definition) is 6. The summed E-state index contributed by atoms with van der Waals surface area (Å²) >= 11 is 0. The van der Waals surface area contributed by atoms with Gasteiger partial charge in [-0.05, 0) is 37.1 Å². The van der Waals surface area contributed by atoms with E-state index in [0.717, 1.165) is 18.4 Å². The van der Waals surface area contributed by atoms with E-state index < -0.39 is 18.5 Å². The second kappa shape index (κ2) is 12.4. The number of nitrogens with two attached hydrogens (primary N) is 1. The van der Waals surface area contributed by atoms with Crippen molar-refractivity contribution in [1.82, 2.24) is 0 Å². The molecule has 0 fully saturated rings. The molecule has 0 saturated heterocycles. The van der Waals surface area contributed by atoms with Crippen molar-refractivity contribution in [3.05, 3.63) is 47.0 Å². The van der Waals surface area contributed by atoms with Crippen molar-refractivity contribution in [2.45, 2.75) is 46.0 Å². The Bertz CT molecular complexity index is 927. The fourth-order valence-electron chi connectivity index (χ4n) is 3.32. The van der Waals surface area contributed by atoms with E-state index in [0.29, 0.717) is 55.3 Å². The summed E-state index contributed by atoms with van der Waals surface area (Å²) in [5.41, 5.74) is 6.80. The molecule has 1 amide bonds. The number of amides is 1. The van der Waals surface area contributed by atoms with Gasteiger partial charge in [-0.1, -0.05) is 32.8 Å². The molecule has 0 aromatic heterocycles. The van der Waals surface area contributed by atoms with Crippen LogP contribution in [-0.4, -0.2) is 41.9 Å². The third-order valence-corrected chi connectivity index (χ3v) is 4.75. The van der Waals surface area contributed by atoms with Crippen molar-refractivity contribution >= 4 is 11.9 Å². The Labute approximate surface area is 187 Å². The van der Waals surface area contributed by atoms with Crippen molar-refractivity contribution in [2.24, 2.45) is 5.73 Å². The molecule has 0 radical (unpaired) electrons. The highest BCUT2D eigenvalue weighted by atomic mass is 16.5. The first-order valence-electron chi connectivity index (χ1n) is 10.8. The second-order valence-corrected chi connectivity index (χ2v) is 7.27. The maximum atomic E-state index is 11.5. The summed E-state index contributed by atoms with van der Waals surface area (Å²) in [5.74, 6) is -0.159. The molecule has 0 bridgehead atoms. The minimum Gasteiger partial charge on any atom is -0.507 e. The average Bonchev–Trinajstić information content (AvgIpc) is 2.75. The maximum absolute atomic E-state index is 11.5. The predicted octanol–water partition coefficient (Wildman–Crippen LogP) is 3.71. The molecule has 0 spiro atoms. The van der Waals surface area contributed by atoms with E-state index >= 15 is 0 Å². The van der Waals surface area contributed by atoms with Crippen LogP contribution in [0.15, 0.2) is 30.3 Å². The van der Waals surface area contributed by atoms with Gasteiger partial charge in [0, 0.05) is 17.5 Å². The normalized spacial score (nSPS) is 10.6. The van der Waals surface area contributed by atoms with Crippen molar-refractivity contribution in [3.63, 3.8) is 0 Å². The van der Waals surface area contributed by atoms with Gasteiger partial charge in [0.2, 0.25) is 0 Å². The van der Waals surface area contributed by atoms with Crippen LogP contribution < -0.4 is 19.9 Å². The van der Waals surface area contributed by atoms with Gasteiger partial charge < -0.3 is 30.2 Å². The fourth-order valence-corrected chi connectivity index (χ4v) is 3.32. The summed E-state index contributed by atoms with van der Waals surface area (Å²) in [6.45, 7) is 4.32. The maximum Gasteiger partial charge on any atom is 0.341 e. The largest absolute Gasteiger partial charge is 0.507 e. The average molecular weight is 446 g/mol. The number of carbonyl (C=O) groups is 2. The lowest BCUT2D eigenvalue weighted by Crippen LogP contribution is -2.13. The molecular weight excluding hydrogens is 414 g/mol. The van der Waals surface area contributed by atoms with Crippen molar-refractivity contribution in [1.29, 1.82) is 0 Å². The van der Waals surface area contributed by atoms with Gasteiger partial charge in [0.15, 0.2) is 6.61 Å². The van der Waals surface area contributed by atoms with Crippen molar-refractivity contribution in [3.8, 4) is 23.0 Å². The zero-order chi connectivity index (χ0) is 23.5. The molecule has 0 atom stereocenters. The Morgan fingerprint density at radius 1 is 0.875 bits per heavy atom. The minimum atomic E-state index is -1.03. The number of hydrogen-bond donors (Lipinski definition) is 3. The van der Waals surface area contributed by atoms with E-state index in [9.17, 15) is 14.7 Å². The molecule has 0 heterocycles. The zero-order valence-corrected chi connectivity index (χ0v) is 18.6. The third kappa shape index (κ3) is 6.80. The number of aliphatic carboxylic acids is 1. The quantitative estimate of drug-likeness (QED) is 0.378. The monoisotopic (exact) mass is 445 g/mol. The van der Waals surface area contributed by atoms with Crippen LogP contribution in [0.4, 0.5) is 0 Å². The molecule has 2 aromatic rings. The summed E-state index contributed by atoms with van der Waals surface area (Å²) in [6.07, 6.45) is 3.47. The van der Waals surface area contributed by atoms with E-state index in [4.69, 9.17) is 25.1 Å². The first-order chi connectivity index (χ1) is 15.4. The number of carboxylic acids is 1. The number of ether oxygens (including phenoxy) is 3. The van der Waals surface area contributed by atoms with Crippen LogP contribution in [0.25, 0.3) is 0 Å². The summed E-state index contributed by atoms with van der Waals surface area (Å²) in [7, 11) is 0. The number of carboxylic acid groups (broad SMARTS) is 1. The van der Waals surface area contributed by atoms with E-state index in [1.165, 1.54) is 6.07 Å². The highest BCUT2D eigenvalue weighted by molar-refractivity contribution is 5.96. The number of aromatic hydroxyl groups is 1. The van der Waals surface area contributed by atoms with E-state index in [1.54, 1.807) is 18.2 Å². The summed E-state index contributed by atoms with van der Waals surface area (Å²) in [4.78, 5) is 22.3. The molecule has 174 valence electrons. The van der Waals surface area contributed by atoms with Crippen LogP contribution in [0.2, 0.25) is 0 Å². The SMILES string of the molecule is CCCc1c(OCCCOc2ccc(C(N)=O)c(O)c2CCC)cccc1OCC(=O)O. The van der Waals surface area contributed by atoms with Gasteiger partial charge >= 0.3 is 5.97 Å². The number of carbonyl (C=O) groups excluding carboxylic acids is 1. The highest BCUT2D eigenvalue weighted by Crippen LogP contribution is 2.33. The van der Waals surface area contributed by atoms with Gasteiger partial charge in [-0.15, -0.1) is 0 Å². The molecule has 8 nitrogen and oxygen atoms in total. The Morgan fingerprint density at radius 2 is 1.44 bits per heavy atom. The van der Waals surface area contributed by atoms with Crippen LogP contribution in [-0.2, 0) is 17.6 Å². The lowest BCUT2D eigenvalue weighted by molar-refractivity contribution is -0.139. The summed E-state index contributed by atoms with van der Waals surface area (Å²) in [5, 5.41) is 19.2. The van der Waals surface area contributed by atoms with Crippen LogP contribution in [0, 0.1) is 0 Å². The Kier molecular flexibility index (Phi) is 9.66. The summed E-state index contributed by atoms with van der Waals surface area (Å²) in [6, 6.07) is 8.44. The fraction of sp³-hybridized carbons (Fsp3) is 0.417. The lowest BCUT2D eigenvalue weighted by atomic mass is 10.0. The molecule has 0 saturated carbocycles.